The molecule has 0 aliphatic heterocycles. The quantitative estimate of drug-likeness (QED) is 0.318. The molecular formula is C24H21F2N5O5. The Bertz CT molecular complexity index is 1470. The zero-order valence-electron chi connectivity index (χ0n) is 19.7. The Balaban J connectivity index is 1.88. The number of nitrogens with two attached hydrogens (primary N) is 1. The number of anilines is 4. The van der Waals surface area contributed by atoms with Gasteiger partial charge in [-0.1, -0.05) is 0 Å². The third-order valence-corrected chi connectivity index (χ3v) is 5.30. The van der Waals surface area contributed by atoms with Crippen LogP contribution < -0.4 is 25.8 Å². The first kappa shape index (κ1) is 24.4. The summed E-state index contributed by atoms with van der Waals surface area (Å²) >= 11 is 0. The van der Waals surface area contributed by atoms with Gasteiger partial charge in [-0.15, -0.1) is 0 Å². The summed E-state index contributed by atoms with van der Waals surface area (Å²) < 4.78 is 45.5. The van der Waals surface area contributed by atoms with Crippen molar-refractivity contribution in [3.05, 3.63) is 59.2 Å². The second kappa shape index (κ2) is 9.49. The third-order valence-electron chi connectivity index (χ3n) is 5.30. The standard InChI is InChI=1S/C24H21F2N5O5/c1-10-7-28-8-13(27)21(10)31-17-5-12-16(9-29-17)36-24(22(12)30-11(2)32)23(33)18-19(25)14(34-3)6-15(35-4)20(18)26/h5-9H,27H2,1-4H3,(H,30,32)(H,28,29,31). The number of carbonyl (C=O) groups is 2. The number of amides is 1. The minimum Gasteiger partial charge on any atom is -0.494 e. The number of methoxy groups -OCH3 is 2. The van der Waals surface area contributed by atoms with Crippen LogP contribution in [0.2, 0.25) is 0 Å². The number of furan rings is 1. The van der Waals surface area contributed by atoms with Crippen molar-refractivity contribution < 1.29 is 32.3 Å². The zero-order valence-corrected chi connectivity index (χ0v) is 19.7. The Kier molecular flexibility index (Phi) is 6.43. The van der Waals surface area contributed by atoms with Gasteiger partial charge >= 0.3 is 0 Å². The Hall–Kier alpha value is -4.74. The molecule has 0 saturated carbocycles. The summed E-state index contributed by atoms with van der Waals surface area (Å²) in [5.74, 6) is -5.25. The van der Waals surface area contributed by atoms with Crippen LogP contribution in [0.15, 0.2) is 35.1 Å². The summed E-state index contributed by atoms with van der Waals surface area (Å²) in [6.45, 7) is 3.01. The Morgan fingerprint density at radius 3 is 2.28 bits per heavy atom. The smallest absolute Gasteiger partial charge is 0.236 e. The molecule has 0 radical (unpaired) electrons. The number of aryl methyl sites for hydroxylation is 1. The number of fused-ring (bicyclic) bond motifs is 1. The van der Waals surface area contributed by atoms with Crippen LogP contribution >= 0.6 is 0 Å². The van der Waals surface area contributed by atoms with Crippen LogP contribution in [0.1, 0.15) is 28.6 Å². The van der Waals surface area contributed by atoms with Gasteiger partial charge in [-0.25, -0.2) is 13.8 Å². The van der Waals surface area contributed by atoms with Crippen molar-refractivity contribution in [1.82, 2.24) is 9.97 Å². The normalized spacial score (nSPS) is 10.8. The highest BCUT2D eigenvalue weighted by Crippen LogP contribution is 2.38. The molecule has 0 aliphatic rings. The van der Waals surface area contributed by atoms with E-state index in [0.29, 0.717) is 17.2 Å². The van der Waals surface area contributed by atoms with Gasteiger partial charge in [0.1, 0.15) is 11.4 Å². The van der Waals surface area contributed by atoms with Crippen molar-refractivity contribution in [3.8, 4) is 11.5 Å². The van der Waals surface area contributed by atoms with E-state index in [2.05, 4.69) is 20.6 Å². The lowest BCUT2D eigenvalue weighted by Gasteiger charge is -2.12. The molecule has 4 aromatic rings. The first-order valence-corrected chi connectivity index (χ1v) is 10.5. The lowest BCUT2D eigenvalue weighted by atomic mass is 10.0. The Morgan fingerprint density at radius 1 is 1.03 bits per heavy atom. The maximum atomic E-state index is 15.0. The SMILES string of the molecule is COc1cc(OC)c(F)c(C(=O)c2oc3cnc(Nc4c(C)cncc4N)cc3c2NC(C)=O)c1F. The molecule has 36 heavy (non-hydrogen) atoms. The van der Waals surface area contributed by atoms with Gasteiger partial charge < -0.3 is 30.3 Å². The number of nitrogens with one attached hydrogen (secondary N) is 2. The van der Waals surface area contributed by atoms with Crippen LogP contribution in [0.5, 0.6) is 11.5 Å². The van der Waals surface area contributed by atoms with Gasteiger partial charge in [-0.2, -0.15) is 0 Å². The number of nitrogen functional groups attached to an aromatic ring is 1. The lowest BCUT2D eigenvalue weighted by Crippen LogP contribution is -2.13. The van der Waals surface area contributed by atoms with Crippen molar-refractivity contribution in [3.63, 3.8) is 0 Å². The van der Waals surface area contributed by atoms with Crippen LogP contribution in [-0.4, -0.2) is 35.9 Å². The van der Waals surface area contributed by atoms with E-state index in [0.717, 1.165) is 25.8 Å². The molecule has 0 fully saturated rings. The van der Waals surface area contributed by atoms with E-state index in [1.54, 1.807) is 13.1 Å². The predicted octanol–water partition coefficient (Wildman–Crippen LogP) is 4.34. The molecule has 10 nitrogen and oxygen atoms in total. The van der Waals surface area contributed by atoms with Crippen molar-refractivity contribution in [2.24, 2.45) is 0 Å². The summed E-state index contributed by atoms with van der Waals surface area (Å²) in [5, 5.41) is 5.83. The van der Waals surface area contributed by atoms with Gasteiger partial charge in [0.25, 0.3) is 0 Å². The molecule has 0 aliphatic carbocycles. The maximum absolute atomic E-state index is 15.0. The van der Waals surface area contributed by atoms with Crippen LogP contribution in [0.25, 0.3) is 11.0 Å². The third kappa shape index (κ3) is 4.24. The predicted molar refractivity (Wildman–Crippen MR) is 128 cm³/mol. The summed E-state index contributed by atoms with van der Waals surface area (Å²) in [4.78, 5) is 33.6. The number of ketones is 1. The first-order valence-electron chi connectivity index (χ1n) is 10.5. The molecule has 1 amide bonds. The highest BCUT2D eigenvalue weighted by atomic mass is 19.1. The fraction of sp³-hybridized carbons (Fsp3) is 0.167. The van der Waals surface area contributed by atoms with E-state index < -0.39 is 46.1 Å². The topological polar surface area (TPSA) is 142 Å². The van der Waals surface area contributed by atoms with Gasteiger partial charge in [-0.3, -0.25) is 14.6 Å². The van der Waals surface area contributed by atoms with Crippen molar-refractivity contribution >= 4 is 45.5 Å². The molecular weight excluding hydrogens is 476 g/mol. The van der Waals surface area contributed by atoms with Crippen LogP contribution in [0.3, 0.4) is 0 Å². The number of hydrogen-bond acceptors (Lipinski definition) is 9. The monoisotopic (exact) mass is 497 g/mol. The maximum Gasteiger partial charge on any atom is 0.236 e. The molecule has 4 rings (SSSR count). The van der Waals surface area contributed by atoms with Crippen LogP contribution in [-0.2, 0) is 4.79 Å². The number of carbonyl (C=O) groups excluding carboxylic acids is 2. The number of halogens is 2. The van der Waals surface area contributed by atoms with Crippen LogP contribution in [0, 0.1) is 18.6 Å². The number of rotatable bonds is 7. The van der Waals surface area contributed by atoms with Crippen molar-refractivity contribution in [2.75, 3.05) is 30.6 Å². The van der Waals surface area contributed by atoms with Gasteiger partial charge in [0.15, 0.2) is 34.5 Å². The van der Waals surface area contributed by atoms with E-state index in [1.165, 1.54) is 25.4 Å². The molecule has 1 aromatic carbocycles. The second-order valence-electron chi connectivity index (χ2n) is 7.71. The number of benzene rings is 1. The molecule has 186 valence electrons. The van der Waals surface area contributed by atoms with E-state index in [9.17, 15) is 9.59 Å². The number of nitrogens with zero attached hydrogens (tertiary/aromatic N) is 2. The van der Waals surface area contributed by atoms with E-state index in [1.807, 2.05) is 0 Å². The van der Waals surface area contributed by atoms with Gasteiger partial charge in [0.05, 0.1) is 49.1 Å². The molecule has 0 atom stereocenters. The van der Waals surface area contributed by atoms with Gasteiger partial charge in [0, 0.05) is 19.2 Å². The average Bonchev–Trinajstić information content (AvgIpc) is 3.19. The fourth-order valence-electron chi connectivity index (χ4n) is 3.61. The van der Waals surface area contributed by atoms with Crippen molar-refractivity contribution in [1.29, 1.82) is 0 Å². The molecule has 4 N–H and O–H groups in total. The molecule has 3 heterocycles. The lowest BCUT2D eigenvalue weighted by molar-refractivity contribution is -0.114. The van der Waals surface area contributed by atoms with Crippen LogP contribution in [0.4, 0.5) is 31.7 Å². The van der Waals surface area contributed by atoms with Gasteiger partial charge in [-0.05, 0) is 18.6 Å². The summed E-state index contributed by atoms with van der Waals surface area (Å²) in [6, 6.07) is 2.47. The number of ether oxygens (including phenoxy) is 2. The fourth-order valence-corrected chi connectivity index (χ4v) is 3.61. The molecule has 0 saturated heterocycles. The van der Waals surface area contributed by atoms with E-state index in [-0.39, 0.29) is 16.7 Å². The summed E-state index contributed by atoms with van der Waals surface area (Å²) in [6.07, 6.45) is 4.38. The van der Waals surface area contributed by atoms with E-state index >= 15 is 8.78 Å². The molecule has 12 heteroatoms. The first-order chi connectivity index (χ1) is 17.2. The highest BCUT2D eigenvalue weighted by molar-refractivity contribution is 6.17. The number of aromatic nitrogens is 2. The number of pyridine rings is 2. The minimum atomic E-state index is -1.25. The highest BCUT2D eigenvalue weighted by Gasteiger charge is 2.31. The summed E-state index contributed by atoms with van der Waals surface area (Å²) in [7, 11) is 2.32. The Labute approximate surface area is 203 Å². The summed E-state index contributed by atoms with van der Waals surface area (Å²) in [5.41, 5.74) is 6.71. The number of hydrogen-bond donors (Lipinski definition) is 3. The molecule has 0 spiro atoms. The largest absolute Gasteiger partial charge is 0.494 e. The van der Waals surface area contributed by atoms with Crippen molar-refractivity contribution in [2.45, 2.75) is 13.8 Å². The molecule has 0 unspecified atom stereocenters. The molecule has 0 bridgehead atoms. The second-order valence-corrected chi connectivity index (χ2v) is 7.71. The van der Waals surface area contributed by atoms with Gasteiger partial charge in [0.2, 0.25) is 11.7 Å². The zero-order chi connectivity index (χ0) is 26.1. The Morgan fingerprint density at radius 2 is 1.69 bits per heavy atom. The minimum absolute atomic E-state index is 0.0859. The molecule has 3 aromatic heterocycles. The average molecular weight is 497 g/mol. The van der Waals surface area contributed by atoms with E-state index in [4.69, 9.17) is 19.6 Å².